The van der Waals surface area contributed by atoms with E-state index in [0.29, 0.717) is 11.3 Å². The molecule has 0 saturated heterocycles. The Morgan fingerprint density at radius 2 is 1.56 bits per heavy atom. The number of amides is 2. The number of esters is 1. The van der Waals surface area contributed by atoms with Gasteiger partial charge in [-0.25, -0.2) is 8.42 Å². The van der Waals surface area contributed by atoms with Crippen molar-refractivity contribution in [3.63, 3.8) is 0 Å². The Labute approximate surface area is 197 Å². The molecule has 0 spiro atoms. The van der Waals surface area contributed by atoms with Crippen LogP contribution in [0.1, 0.15) is 15.9 Å². The lowest BCUT2D eigenvalue weighted by Crippen LogP contribution is -2.31. The van der Waals surface area contributed by atoms with Gasteiger partial charge < -0.3 is 15.4 Å². The first-order valence-corrected chi connectivity index (χ1v) is 11.7. The Bertz CT molecular complexity index is 1280. The number of hydrogen-bond donors (Lipinski definition) is 3. The van der Waals surface area contributed by atoms with Gasteiger partial charge in [-0.15, -0.1) is 0 Å². The van der Waals surface area contributed by atoms with Gasteiger partial charge in [-0.05, 0) is 48.0 Å². The average Bonchev–Trinajstić information content (AvgIpc) is 2.84. The van der Waals surface area contributed by atoms with Crippen molar-refractivity contribution in [3.8, 4) is 0 Å². The molecular weight excluding hydrogens is 458 g/mol. The highest BCUT2D eigenvalue weighted by molar-refractivity contribution is 7.92. The van der Waals surface area contributed by atoms with Crippen molar-refractivity contribution in [2.24, 2.45) is 0 Å². The standard InChI is InChI=1S/C24H23N3O6S/c1-33-23(29)16-25-22(28)14-17-10-12-19(13-11-17)26-24(30)18-6-5-7-20(15-18)27-34(31,32)21-8-3-2-4-9-21/h2-13,15,27H,14,16H2,1H3,(H,25,28)(H,26,30). The van der Waals surface area contributed by atoms with Crippen LogP contribution in [0.3, 0.4) is 0 Å². The van der Waals surface area contributed by atoms with E-state index in [1.165, 1.54) is 25.3 Å². The largest absolute Gasteiger partial charge is 0.468 e. The van der Waals surface area contributed by atoms with E-state index in [1.807, 2.05) is 0 Å². The number of sulfonamides is 1. The minimum Gasteiger partial charge on any atom is -0.468 e. The molecule has 3 rings (SSSR count). The number of rotatable bonds is 9. The maximum absolute atomic E-state index is 12.6. The fourth-order valence-corrected chi connectivity index (χ4v) is 4.01. The van der Waals surface area contributed by atoms with Crippen molar-refractivity contribution in [3.05, 3.63) is 90.0 Å². The molecule has 0 radical (unpaired) electrons. The van der Waals surface area contributed by atoms with Gasteiger partial charge in [0.2, 0.25) is 5.91 Å². The van der Waals surface area contributed by atoms with Crippen molar-refractivity contribution in [2.75, 3.05) is 23.7 Å². The summed E-state index contributed by atoms with van der Waals surface area (Å²) < 4.78 is 31.9. The minimum atomic E-state index is -3.78. The molecule has 9 nitrogen and oxygen atoms in total. The van der Waals surface area contributed by atoms with E-state index < -0.39 is 21.9 Å². The van der Waals surface area contributed by atoms with Crippen LogP contribution in [-0.2, 0) is 30.8 Å². The Morgan fingerprint density at radius 3 is 2.24 bits per heavy atom. The van der Waals surface area contributed by atoms with Crippen molar-refractivity contribution in [1.82, 2.24) is 5.32 Å². The molecule has 10 heteroatoms. The summed E-state index contributed by atoms with van der Waals surface area (Å²) >= 11 is 0. The molecule has 0 unspecified atom stereocenters. The fraction of sp³-hybridized carbons (Fsp3) is 0.125. The molecular formula is C24H23N3O6S. The molecule has 176 valence electrons. The number of nitrogens with one attached hydrogen (secondary N) is 3. The fourth-order valence-electron chi connectivity index (χ4n) is 2.94. The Hall–Kier alpha value is -4.18. The molecule has 0 saturated carbocycles. The second kappa shape index (κ2) is 11.1. The molecule has 0 bridgehead atoms. The summed E-state index contributed by atoms with van der Waals surface area (Å²) in [6.45, 7) is -0.204. The summed E-state index contributed by atoms with van der Waals surface area (Å²) in [6.07, 6.45) is 0.0643. The molecule has 0 aromatic heterocycles. The van der Waals surface area contributed by atoms with Crippen molar-refractivity contribution < 1.29 is 27.5 Å². The first-order valence-electron chi connectivity index (χ1n) is 10.2. The molecule has 0 aliphatic heterocycles. The number of ether oxygens (including phenoxy) is 1. The van der Waals surface area contributed by atoms with Gasteiger partial charge in [0.1, 0.15) is 6.54 Å². The molecule has 0 aliphatic carbocycles. The lowest BCUT2D eigenvalue weighted by atomic mass is 10.1. The molecule has 2 amide bonds. The number of anilines is 2. The highest BCUT2D eigenvalue weighted by Gasteiger charge is 2.15. The second-order valence-electron chi connectivity index (χ2n) is 7.18. The van der Waals surface area contributed by atoms with Crippen LogP contribution in [0, 0.1) is 0 Å². The van der Waals surface area contributed by atoms with Gasteiger partial charge in [0.15, 0.2) is 0 Å². The van der Waals surface area contributed by atoms with E-state index in [-0.39, 0.29) is 35.0 Å². The highest BCUT2D eigenvalue weighted by atomic mass is 32.2. The third-order valence-electron chi connectivity index (χ3n) is 4.66. The predicted octanol–water partition coefficient (Wildman–Crippen LogP) is 2.57. The number of benzene rings is 3. The highest BCUT2D eigenvalue weighted by Crippen LogP contribution is 2.18. The van der Waals surface area contributed by atoms with Crippen molar-refractivity contribution in [2.45, 2.75) is 11.3 Å². The zero-order valence-electron chi connectivity index (χ0n) is 18.3. The predicted molar refractivity (Wildman–Crippen MR) is 127 cm³/mol. The third-order valence-corrected chi connectivity index (χ3v) is 6.06. The van der Waals surface area contributed by atoms with Crippen LogP contribution in [0.15, 0.2) is 83.8 Å². The lowest BCUT2D eigenvalue weighted by molar-refractivity contribution is -0.141. The smallest absolute Gasteiger partial charge is 0.325 e. The van der Waals surface area contributed by atoms with Gasteiger partial charge in [0.25, 0.3) is 15.9 Å². The van der Waals surface area contributed by atoms with Crippen LogP contribution >= 0.6 is 0 Å². The number of carbonyl (C=O) groups excluding carboxylic acids is 3. The van der Waals surface area contributed by atoms with Crippen LogP contribution in [0.25, 0.3) is 0 Å². The normalized spacial score (nSPS) is 10.7. The minimum absolute atomic E-state index is 0.0643. The monoisotopic (exact) mass is 481 g/mol. The first-order chi connectivity index (χ1) is 16.3. The molecule has 3 aromatic rings. The Balaban J connectivity index is 1.60. The summed E-state index contributed by atoms with van der Waals surface area (Å²) in [5.41, 5.74) is 1.71. The Kier molecular flexibility index (Phi) is 7.99. The summed E-state index contributed by atoms with van der Waals surface area (Å²) in [6, 6.07) is 20.7. The quantitative estimate of drug-likeness (QED) is 0.403. The van der Waals surface area contributed by atoms with E-state index in [2.05, 4.69) is 20.1 Å². The maximum atomic E-state index is 12.6. The van der Waals surface area contributed by atoms with Crippen molar-refractivity contribution in [1.29, 1.82) is 0 Å². The van der Waals surface area contributed by atoms with Crippen LogP contribution < -0.4 is 15.4 Å². The SMILES string of the molecule is COC(=O)CNC(=O)Cc1ccc(NC(=O)c2cccc(NS(=O)(=O)c3ccccc3)c2)cc1. The van der Waals surface area contributed by atoms with E-state index in [0.717, 1.165) is 0 Å². The van der Waals surface area contributed by atoms with Gasteiger partial charge in [-0.3, -0.25) is 19.1 Å². The van der Waals surface area contributed by atoms with Crippen LogP contribution in [-0.4, -0.2) is 39.9 Å². The van der Waals surface area contributed by atoms with Crippen LogP contribution in [0.4, 0.5) is 11.4 Å². The zero-order valence-corrected chi connectivity index (χ0v) is 19.1. The molecule has 3 N–H and O–H groups in total. The van der Waals surface area contributed by atoms with E-state index in [4.69, 9.17) is 0 Å². The third kappa shape index (κ3) is 6.91. The number of carbonyl (C=O) groups is 3. The molecule has 0 heterocycles. The average molecular weight is 482 g/mol. The van der Waals surface area contributed by atoms with Gasteiger partial charge in [0.05, 0.1) is 18.4 Å². The molecule has 34 heavy (non-hydrogen) atoms. The van der Waals surface area contributed by atoms with Gasteiger partial charge in [0, 0.05) is 16.9 Å². The second-order valence-corrected chi connectivity index (χ2v) is 8.86. The van der Waals surface area contributed by atoms with E-state index in [9.17, 15) is 22.8 Å². The van der Waals surface area contributed by atoms with Crippen LogP contribution in [0.2, 0.25) is 0 Å². The summed E-state index contributed by atoms with van der Waals surface area (Å²) in [5, 5.41) is 5.18. The van der Waals surface area contributed by atoms with Crippen LogP contribution in [0.5, 0.6) is 0 Å². The summed E-state index contributed by atoms with van der Waals surface area (Å²) in [4.78, 5) is 35.7. The lowest BCUT2D eigenvalue weighted by Gasteiger charge is -2.10. The topological polar surface area (TPSA) is 131 Å². The summed E-state index contributed by atoms with van der Waals surface area (Å²) in [5.74, 6) is -1.30. The Morgan fingerprint density at radius 1 is 0.853 bits per heavy atom. The first kappa shape index (κ1) is 24.5. The number of hydrogen-bond acceptors (Lipinski definition) is 6. The van der Waals surface area contributed by atoms with Gasteiger partial charge in [-0.1, -0.05) is 36.4 Å². The number of methoxy groups -OCH3 is 1. The molecule has 3 aromatic carbocycles. The van der Waals surface area contributed by atoms with Gasteiger partial charge >= 0.3 is 5.97 Å². The molecule has 0 aliphatic rings. The van der Waals surface area contributed by atoms with E-state index in [1.54, 1.807) is 60.7 Å². The van der Waals surface area contributed by atoms with Gasteiger partial charge in [-0.2, -0.15) is 0 Å². The zero-order chi connectivity index (χ0) is 24.6. The maximum Gasteiger partial charge on any atom is 0.325 e. The molecule has 0 atom stereocenters. The summed E-state index contributed by atoms with van der Waals surface area (Å²) in [7, 11) is -2.54. The van der Waals surface area contributed by atoms with E-state index >= 15 is 0 Å². The van der Waals surface area contributed by atoms with Crippen molar-refractivity contribution >= 4 is 39.2 Å². The molecule has 0 fully saturated rings.